The van der Waals surface area contributed by atoms with E-state index in [-0.39, 0.29) is 0 Å². The fourth-order valence-electron chi connectivity index (χ4n) is 1.17. The monoisotopic (exact) mass is 194 g/mol. The van der Waals surface area contributed by atoms with Crippen LogP contribution in [0.5, 0.6) is 0 Å². The quantitative estimate of drug-likeness (QED) is 0.783. The smallest absolute Gasteiger partial charge is 0.145 e. The Morgan fingerprint density at radius 3 is 3.00 bits per heavy atom. The Balaban J connectivity index is 2.23. The fourth-order valence-corrected chi connectivity index (χ4v) is 1.73. The van der Waals surface area contributed by atoms with Crippen LogP contribution in [0.1, 0.15) is 10.6 Å². The van der Waals surface area contributed by atoms with Gasteiger partial charge in [0.05, 0.1) is 6.54 Å². The van der Waals surface area contributed by atoms with Crippen LogP contribution >= 0.6 is 11.5 Å². The van der Waals surface area contributed by atoms with Gasteiger partial charge in [-0.25, -0.2) is 4.37 Å². The third kappa shape index (κ3) is 1.70. The average Bonchev–Trinajstić information content (AvgIpc) is 2.63. The number of hydrogen-bond donors (Lipinski definition) is 1. The summed E-state index contributed by atoms with van der Waals surface area (Å²) in [5.41, 5.74) is 6.64. The van der Waals surface area contributed by atoms with Crippen molar-refractivity contribution in [2.45, 2.75) is 13.5 Å². The molecule has 4 nitrogen and oxygen atoms in total. The van der Waals surface area contributed by atoms with Crippen molar-refractivity contribution in [3.8, 4) is 0 Å². The van der Waals surface area contributed by atoms with Gasteiger partial charge in [-0.1, -0.05) is 0 Å². The second-order valence-corrected chi connectivity index (χ2v) is 3.76. The first-order chi connectivity index (χ1) is 6.25. The Hall–Kier alpha value is -1.36. The zero-order valence-electron chi connectivity index (χ0n) is 7.27. The number of nitrogen functional groups attached to an aromatic ring is 1. The molecule has 0 bridgehead atoms. The van der Waals surface area contributed by atoms with Gasteiger partial charge in [0, 0.05) is 22.8 Å². The summed E-state index contributed by atoms with van der Waals surface area (Å²) in [5.74, 6) is 0.571. The van der Waals surface area contributed by atoms with Crippen LogP contribution in [0.25, 0.3) is 0 Å². The van der Waals surface area contributed by atoms with Gasteiger partial charge in [-0.2, -0.15) is 5.10 Å². The average molecular weight is 194 g/mol. The molecule has 2 heterocycles. The first kappa shape index (κ1) is 8.25. The second-order valence-electron chi connectivity index (χ2n) is 2.85. The number of anilines is 1. The summed E-state index contributed by atoms with van der Waals surface area (Å²) in [7, 11) is 0. The van der Waals surface area contributed by atoms with Crippen LogP contribution < -0.4 is 5.73 Å². The van der Waals surface area contributed by atoms with E-state index in [0.717, 1.165) is 12.2 Å². The fraction of sp³-hybridized carbons (Fsp3) is 0.250. The molecule has 0 unspecified atom stereocenters. The first-order valence-electron chi connectivity index (χ1n) is 3.95. The zero-order valence-corrected chi connectivity index (χ0v) is 8.08. The molecule has 5 heteroatoms. The minimum absolute atomic E-state index is 0.571. The van der Waals surface area contributed by atoms with Gasteiger partial charge in [0.15, 0.2) is 0 Å². The van der Waals surface area contributed by atoms with E-state index in [2.05, 4.69) is 9.47 Å². The highest BCUT2D eigenvalue weighted by Gasteiger charge is 2.02. The molecule has 2 rings (SSSR count). The SMILES string of the molecule is Cc1cc(N)nn1Cc1ccns1. The van der Waals surface area contributed by atoms with Crippen molar-refractivity contribution < 1.29 is 0 Å². The topological polar surface area (TPSA) is 56.7 Å². The Kier molecular flexibility index (Phi) is 2.02. The summed E-state index contributed by atoms with van der Waals surface area (Å²) < 4.78 is 5.90. The maximum atomic E-state index is 5.56. The zero-order chi connectivity index (χ0) is 9.26. The van der Waals surface area contributed by atoms with Crippen LogP contribution in [-0.4, -0.2) is 14.2 Å². The van der Waals surface area contributed by atoms with Crippen LogP contribution in [-0.2, 0) is 6.54 Å². The summed E-state index contributed by atoms with van der Waals surface area (Å²) in [6, 6.07) is 3.85. The number of aromatic nitrogens is 3. The highest BCUT2D eigenvalue weighted by molar-refractivity contribution is 7.05. The van der Waals surface area contributed by atoms with Gasteiger partial charge in [0.1, 0.15) is 5.82 Å². The largest absolute Gasteiger partial charge is 0.382 e. The first-order valence-corrected chi connectivity index (χ1v) is 4.72. The van der Waals surface area contributed by atoms with E-state index in [1.807, 2.05) is 23.7 Å². The second kappa shape index (κ2) is 3.18. The van der Waals surface area contributed by atoms with E-state index in [0.29, 0.717) is 5.82 Å². The molecule has 0 saturated heterocycles. The van der Waals surface area contributed by atoms with Crippen molar-refractivity contribution in [2.24, 2.45) is 0 Å². The number of rotatable bonds is 2. The van der Waals surface area contributed by atoms with Crippen molar-refractivity contribution in [2.75, 3.05) is 5.73 Å². The predicted octanol–water partition coefficient (Wildman–Crippen LogP) is 1.28. The van der Waals surface area contributed by atoms with Gasteiger partial charge in [-0.15, -0.1) is 0 Å². The molecule has 68 valence electrons. The lowest BCUT2D eigenvalue weighted by atomic mass is 10.4. The van der Waals surface area contributed by atoms with E-state index in [1.165, 1.54) is 16.4 Å². The number of nitrogens with zero attached hydrogens (tertiary/aromatic N) is 3. The van der Waals surface area contributed by atoms with E-state index in [4.69, 9.17) is 5.73 Å². The molecule has 0 fully saturated rings. The maximum absolute atomic E-state index is 5.56. The summed E-state index contributed by atoms with van der Waals surface area (Å²) >= 11 is 1.48. The van der Waals surface area contributed by atoms with Gasteiger partial charge in [0.2, 0.25) is 0 Å². The highest BCUT2D eigenvalue weighted by Crippen LogP contribution is 2.10. The number of hydrogen-bond acceptors (Lipinski definition) is 4. The number of nitrogens with two attached hydrogens (primary N) is 1. The van der Waals surface area contributed by atoms with E-state index < -0.39 is 0 Å². The Labute approximate surface area is 80.2 Å². The van der Waals surface area contributed by atoms with Crippen molar-refractivity contribution >= 4 is 17.4 Å². The molecular weight excluding hydrogens is 184 g/mol. The van der Waals surface area contributed by atoms with Crippen LogP contribution in [0.4, 0.5) is 5.82 Å². The van der Waals surface area contributed by atoms with Gasteiger partial charge in [-0.05, 0) is 24.5 Å². The third-order valence-corrected chi connectivity index (χ3v) is 2.52. The van der Waals surface area contributed by atoms with Crippen molar-refractivity contribution in [3.05, 3.63) is 28.9 Å². The lowest BCUT2D eigenvalue weighted by Gasteiger charge is -1.99. The molecule has 2 aromatic rings. The highest BCUT2D eigenvalue weighted by atomic mass is 32.1. The van der Waals surface area contributed by atoms with Gasteiger partial charge in [-0.3, -0.25) is 4.68 Å². The molecule has 0 amide bonds. The molecule has 0 radical (unpaired) electrons. The summed E-state index contributed by atoms with van der Waals surface area (Å²) in [4.78, 5) is 1.19. The van der Waals surface area contributed by atoms with Crippen LogP contribution in [0, 0.1) is 6.92 Å². The van der Waals surface area contributed by atoms with Crippen LogP contribution in [0.2, 0.25) is 0 Å². The van der Waals surface area contributed by atoms with Crippen LogP contribution in [0.3, 0.4) is 0 Å². The molecule has 0 aliphatic carbocycles. The van der Waals surface area contributed by atoms with E-state index in [1.54, 1.807) is 6.20 Å². The minimum Gasteiger partial charge on any atom is -0.382 e. The molecule has 0 spiro atoms. The van der Waals surface area contributed by atoms with E-state index >= 15 is 0 Å². The molecule has 2 N–H and O–H groups in total. The maximum Gasteiger partial charge on any atom is 0.145 e. The molecule has 0 aliphatic heterocycles. The lowest BCUT2D eigenvalue weighted by molar-refractivity contribution is 0.675. The van der Waals surface area contributed by atoms with Gasteiger partial charge in [0.25, 0.3) is 0 Å². The normalized spacial score (nSPS) is 10.5. The van der Waals surface area contributed by atoms with Crippen LogP contribution in [0.15, 0.2) is 18.3 Å². The van der Waals surface area contributed by atoms with Gasteiger partial charge < -0.3 is 5.73 Å². The molecule has 2 aromatic heterocycles. The summed E-state index contributed by atoms with van der Waals surface area (Å²) in [6.07, 6.45) is 1.79. The van der Waals surface area contributed by atoms with Gasteiger partial charge >= 0.3 is 0 Å². The van der Waals surface area contributed by atoms with Crippen molar-refractivity contribution in [3.63, 3.8) is 0 Å². The lowest BCUT2D eigenvalue weighted by Crippen LogP contribution is -2.02. The summed E-state index contributed by atoms with van der Waals surface area (Å²) in [5, 5.41) is 4.16. The standard InChI is InChI=1S/C8H10N4S/c1-6-4-8(9)11-12(6)5-7-2-3-10-13-7/h2-4H,5H2,1H3,(H2,9,11). The minimum atomic E-state index is 0.571. The molecule has 0 aliphatic rings. The molecule has 13 heavy (non-hydrogen) atoms. The molecule has 0 saturated carbocycles. The predicted molar refractivity (Wildman–Crippen MR) is 52.6 cm³/mol. The third-order valence-electron chi connectivity index (χ3n) is 1.80. The summed E-state index contributed by atoms with van der Waals surface area (Å²) in [6.45, 7) is 2.75. The molecule has 0 aromatic carbocycles. The van der Waals surface area contributed by atoms with E-state index in [9.17, 15) is 0 Å². The molecular formula is C8H10N4S. The Morgan fingerprint density at radius 1 is 1.62 bits per heavy atom. The van der Waals surface area contributed by atoms with Crippen molar-refractivity contribution in [1.29, 1.82) is 0 Å². The Bertz CT molecular complexity index is 390. The number of aryl methyl sites for hydroxylation is 1. The Morgan fingerprint density at radius 2 is 2.46 bits per heavy atom. The molecule has 0 atom stereocenters. The van der Waals surface area contributed by atoms with Crippen molar-refractivity contribution in [1.82, 2.24) is 14.2 Å².